The van der Waals surface area contributed by atoms with Gasteiger partial charge in [0.25, 0.3) is 5.91 Å². The highest BCUT2D eigenvalue weighted by Crippen LogP contribution is 2.19. The van der Waals surface area contributed by atoms with Crippen LogP contribution in [0.4, 0.5) is 5.69 Å². The lowest BCUT2D eigenvalue weighted by molar-refractivity contribution is -0.139. The third kappa shape index (κ3) is 5.12. The van der Waals surface area contributed by atoms with E-state index in [1.165, 1.54) is 0 Å². The highest BCUT2D eigenvalue weighted by Gasteiger charge is 2.25. The van der Waals surface area contributed by atoms with E-state index in [0.717, 1.165) is 44.5 Å². The second-order valence-corrected chi connectivity index (χ2v) is 6.77. The summed E-state index contributed by atoms with van der Waals surface area (Å²) in [6.45, 7) is 3.58. The molecule has 6 heteroatoms. The number of hydrogen-bond acceptors (Lipinski definition) is 5. The first-order chi connectivity index (χ1) is 13.1. The second-order valence-electron chi connectivity index (χ2n) is 6.77. The van der Waals surface area contributed by atoms with Crippen molar-refractivity contribution < 1.29 is 18.7 Å². The molecule has 0 spiro atoms. The largest absolute Gasteiger partial charge is 0.467 e. The average molecular weight is 370 g/mol. The lowest BCUT2D eigenvalue weighted by Gasteiger charge is -2.24. The van der Waals surface area contributed by atoms with Gasteiger partial charge in [0.05, 0.1) is 18.4 Å². The molecule has 1 aliphatic rings. The first-order valence-corrected chi connectivity index (χ1v) is 9.50. The molecule has 0 bridgehead atoms. The maximum absolute atomic E-state index is 12.6. The molecule has 6 nitrogen and oxygen atoms in total. The van der Waals surface area contributed by atoms with E-state index in [-0.39, 0.29) is 5.91 Å². The van der Waals surface area contributed by atoms with E-state index in [0.29, 0.717) is 17.8 Å². The Bertz CT molecular complexity index is 749. The number of anilines is 1. The number of hydrogen-bond donors (Lipinski definition) is 1. The van der Waals surface area contributed by atoms with E-state index in [2.05, 4.69) is 5.32 Å². The Labute approximate surface area is 159 Å². The van der Waals surface area contributed by atoms with Crippen LogP contribution >= 0.6 is 0 Å². The Balaban J connectivity index is 1.62. The SMILES string of the molecule is C[C@H](OC(=O)c1ccccc1NCc1ccco1)C(=O)N1CCCCCC1. The van der Waals surface area contributed by atoms with Crippen LogP contribution in [0.3, 0.4) is 0 Å². The number of para-hydroxylation sites is 1. The average Bonchev–Trinajstić information content (AvgIpc) is 3.06. The monoisotopic (exact) mass is 370 g/mol. The number of nitrogens with one attached hydrogen (secondary N) is 1. The number of ether oxygens (including phenoxy) is 1. The van der Waals surface area contributed by atoms with Crippen molar-refractivity contribution in [1.82, 2.24) is 4.90 Å². The van der Waals surface area contributed by atoms with E-state index >= 15 is 0 Å². The number of likely N-dealkylation sites (tertiary alicyclic amines) is 1. The maximum atomic E-state index is 12.6. The molecule has 0 saturated carbocycles. The number of nitrogens with zero attached hydrogens (tertiary/aromatic N) is 1. The Kier molecular flexibility index (Phi) is 6.52. The molecule has 27 heavy (non-hydrogen) atoms. The van der Waals surface area contributed by atoms with Gasteiger partial charge in [-0.3, -0.25) is 4.79 Å². The van der Waals surface area contributed by atoms with E-state index in [4.69, 9.17) is 9.15 Å². The van der Waals surface area contributed by atoms with Crippen LogP contribution in [0.2, 0.25) is 0 Å². The minimum absolute atomic E-state index is 0.119. The predicted molar refractivity (Wildman–Crippen MR) is 102 cm³/mol. The zero-order chi connectivity index (χ0) is 19.1. The third-order valence-electron chi connectivity index (χ3n) is 4.73. The molecule has 1 aromatic carbocycles. The Morgan fingerprint density at radius 1 is 1.11 bits per heavy atom. The predicted octanol–water partition coefficient (Wildman–Crippen LogP) is 3.84. The number of amides is 1. The maximum Gasteiger partial charge on any atom is 0.341 e. The van der Waals surface area contributed by atoms with E-state index in [1.807, 2.05) is 23.1 Å². The fourth-order valence-electron chi connectivity index (χ4n) is 3.23. The van der Waals surface area contributed by atoms with Crippen molar-refractivity contribution >= 4 is 17.6 Å². The van der Waals surface area contributed by atoms with Crippen LogP contribution in [0.25, 0.3) is 0 Å². The lowest BCUT2D eigenvalue weighted by atomic mass is 10.1. The normalized spacial score (nSPS) is 15.7. The van der Waals surface area contributed by atoms with Gasteiger partial charge in [-0.05, 0) is 44.0 Å². The van der Waals surface area contributed by atoms with Crippen LogP contribution in [0.15, 0.2) is 47.1 Å². The van der Waals surface area contributed by atoms with Gasteiger partial charge in [0, 0.05) is 18.8 Å². The number of furan rings is 1. The van der Waals surface area contributed by atoms with Crippen molar-refractivity contribution in [3.63, 3.8) is 0 Å². The molecule has 0 radical (unpaired) electrons. The molecular weight excluding hydrogens is 344 g/mol. The first-order valence-electron chi connectivity index (χ1n) is 9.50. The molecule has 1 fully saturated rings. The van der Waals surface area contributed by atoms with Gasteiger partial charge in [0.15, 0.2) is 6.10 Å². The fourth-order valence-corrected chi connectivity index (χ4v) is 3.23. The molecular formula is C21H26N2O4. The molecule has 0 aliphatic carbocycles. The minimum Gasteiger partial charge on any atom is -0.467 e. The molecule has 2 heterocycles. The van der Waals surface area contributed by atoms with Crippen molar-refractivity contribution in [2.45, 2.75) is 45.3 Å². The number of carbonyl (C=O) groups is 2. The standard InChI is InChI=1S/C21H26N2O4/c1-16(20(24)23-12-6-2-3-7-13-23)27-21(25)18-10-4-5-11-19(18)22-15-17-9-8-14-26-17/h4-5,8-11,14,16,22H,2-3,6-7,12-13,15H2,1H3/t16-/m0/s1. The Morgan fingerprint density at radius 2 is 1.85 bits per heavy atom. The summed E-state index contributed by atoms with van der Waals surface area (Å²) in [5, 5.41) is 3.18. The summed E-state index contributed by atoms with van der Waals surface area (Å²) < 4.78 is 10.8. The van der Waals surface area contributed by atoms with Gasteiger partial charge in [-0.2, -0.15) is 0 Å². The third-order valence-corrected chi connectivity index (χ3v) is 4.73. The highest BCUT2D eigenvalue weighted by molar-refractivity contribution is 5.97. The van der Waals surface area contributed by atoms with Gasteiger partial charge in [0.2, 0.25) is 0 Å². The molecule has 1 atom stereocenters. The van der Waals surface area contributed by atoms with Crippen LogP contribution in [-0.2, 0) is 16.1 Å². The summed E-state index contributed by atoms with van der Waals surface area (Å²) >= 11 is 0. The number of carbonyl (C=O) groups excluding carboxylic acids is 2. The van der Waals surface area contributed by atoms with Crippen LogP contribution < -0.4 is 5.32 Å². The van der Waals surface area contributed by atoms with Crippen molar-refractivity contribution in [1.29, 1.82) is 0 Å². The molecule has 3 rings (SSSR count). The molecule has 2 aromatic rings. The molecule has 1 saturated heterocycles. The topological polar surface area (TPSA) is 71.8 Å². The van der Waals surface area contributed by atoms with Gasteiger partial charge in [-0.25, -0.2) is 4.79 Å². The van der Waals surface area contributed by atoms with Crippen LogP contribution in [0.1, 0.15) is 48.7 Å². The number of rotatable bonds is 6. The quantitative estimate of drug-likeness (QED) is 0.782. The molecule has 1 aliphatic heterocycles. The molecule has 144 valence electrons. The molecule has 1 amide bonds. The Morgan fingerprint density at radius 3 is 2.56 bits per heavy atom. The van der Waals surface area contributed by atoms with Gasteiger partial charge in [-0.15, -0.1) is 0 Å². The molecule has 0 unspecified atom stereocenters. The van der Waals surface area contributed by atoms with Gasteiger partial charge < -0.3 is 19.4 Å². The van der Waals surface area contributed by atoms with Gasteiger partial charge in [0.1, 0.15) is 5.76 Å². The molecule has 1 N–H and O–H groups in total. The number of benzene rings is 1. The van der Waals surface area contributed by atoms with Gasteiger partial charge in [-0.1, -0.05) is 25.0 Å². The van der Waals surface area contributed by atoms with Crippen molar-refractivity contribution in [2.75, 3.05) is 18.4 Å². The van der Waals surface area contributed by atoms with Crippen LogP contribution in [-0.4, -0.2) is 36.0 Å². The first kappa shape index (κ1) is 19.0. The fraction of sp³-hybridized carbons (Fsp3) is 0.429. The minimum atomic E-state index is -0.797. The smallest absolute Gasteiger partial charge is 0.341 e. The summed E-state index contributed by atoms with van der Waals surface area (Å²) in [6, 6.07) is 10.8. The van der Waals surface area contributed by atoms with Crippen molar-refractivity contribution in [3.05, 3.63) is 54.0 Å². The van der Waals surface area contributed by atoms with Gasteiger partial charge >= 0.3 is 5.97 Å². The summed E-state index contributed by atoms with van der Waals surface area (Å²) in [7, 11) is 0. The van der Waals surface area contributed by atoms with E-state index < -0.39 is 12.1 Å². The van der Waals surface area contributed by atoms with Crippen molar-refractivity contribution in [3.8, 4) is 0 Å². The van der Waals surface area contributed by atoms with E-state index in [9.17, 15) is 9.59 Å². The second kappa shape index (κ2) is 9.26. The Hall–Kier alpha value is -2.76. The van der Waals surface area contributed by atoms with Crippen LogP contribution in [0.5, 0.6) is 0 Å². The summed E-state index contributed by atoms with van der Waals surface area (Å²) in [5.74, 6) is 0.141. The summed E-state index contributed by atoms with van der Waals surface area (Å²) in [5.41, 5.74) is 1.05. The van der Waals surface area contributed by atoms with E-state index in [1.54, 1.807) is 31.4 Å². The number of esters is 1. The molecule has 1 aromatic heterocycles. The van der Waals surface area contributed by atoms with Crippen LogP contribution in [0, 0.1) is 0 Å². The van der Waals surface area contributed by atoms with Crippen molar-refractivity contribution in [2.24, 2.45) is 0 Å². The summed E-state index contributed by atoms with van der Waals surface area (Å²) in [6.07, 6.45) is 5.11. The lowest BCUT2D eigenvalue weighted by Crippen LogP contribution is -2.40. The summed E-state index contributed by atoms with van der Waals surface area (Å²) in [4.78, 5) is 27.1. The zero-order valence-electron chi connectivity index (χ0n) is 15.6. The zero-order valence-corrected chi connectivity index (χ0v) is 15.6. The highest BCUT2D eigenvalue weighted by atomic mass is 16.5.